The Bertz CT molecular complexity index is 1320. The van der Waals surface area contributed by atoms with Crippen molar-refractivity contribution in [2.75, 3.05) is 13.9 Å². The summed E-state index contributed by atoms with van der Waals surface area (Å²) in [5.74, 6) is -2.69. The van der Waals surface area contributed by atoms with E-state index in [0.29, 0.717) is 11.3 Å². The standard InChI is InChI=1S/C23H22O13/c1-32-10-4-2-9(3-5-10)12-6-11(25)15-13(34-12)7-14(20(16(15)26)33-8-24)35-23-19(29)17(27)18(28)21(36-23)22(30)31/h2-7,17-19,21,23-24,26-29H,8H2,1H3,(H,30,31). The molecular formula is C23H22O13. The lowest BCUT2D eigenvalue weighted by molar-refractivity contribution is -0.271. The van der Waals surface area contributed by atoms with Gasteiger partial charge in [0.15, 0.2) is 29.8 Å². The number of carboxylic acid groups (broad SMARTS) is 1. The topological polar surface area (TPSA) is 206 Å². The second-order valence-electron chi connectivity index (χ2n) is 7.76. The molecule has 1 aliphatic rings. The number of hydrogen-bond acceptors (Lipinski definition) is 12. The smallest absolute Gasteiger partial charge is 0.335 e. The highest BCUT2D eigenvalue weighted by molar-refractivity contribution is 5.89. The summed E-state index contributed by atoms with van der Waals surface area (Å²) < 4.78 is 26.4. The lowest BCUT2D eigenvalue weighted by Gasteiger charge is -2.38. The number of rotatable bonds is 7. The van der Waals surface area contributed by atoms with Crippen LogP contribution < -0.4 is 19.6 Å². The molecule has 1 aliphatic heterocycles. The highest BCUT2D eigenvalue weighted by Gasteiger charge is 2.48. The van der Waals surface area contributed by atoms with Gasteiger partial charge < -0.3 is 54.0 Å². The van der Waals surface area contributed by atoms with E-state index in [0.717, 1.165) is 12.1 Å². The summed E-state index contributed by atoms with van der Waals surface area (Å²) in [6.45, 7) is -0.960. The third kappa shape index (κ3) is 4.53. The van der Waals surface area contributed by atoms with Crippen molar-refractivity contribution in [3.8, 4) is 34.3 Å². The van der Waals surface area contributed by atoms with Crippen LogP contribution in [0.4, 0.5) is 0 Å². The molecular weight excluding hydrogens is 484 g/mol. The molecule has 13 heteroatoms. The number of aromatic hydroxyl groups is 1. The molecule has 192 valence electrons. The molecule has 1 fully saturated rings. The van der Waals surface area contributed by atoms with Crippen molar-refractivity contribution in [1.29, 1.82) is 0 Å². The van der Waals surface area contributed by atoms with Crippen molar-refractivity contribution in [3.63, 3.8) is 0 Å². The van der Waals surface area contributed by atoms with Crippen molar-refractivity contribution in [2.24, 2.45) is 0 Å². The largest absolute Gasteiger partial charge is 0.504 e. The van der Waals surface area contributed by atoms with Crippen molar-refractivity contribution in [2.45, 2.75) is 30.7 Å². The zero-order valence-electron chi connectivity index (χ0n) is 18.6. The van der Waals surface area contributed by atoms with Gasteiger partial charge in [0, 0.05) is 17.7 Å². The summed E-state index contributed by atoms with van der Waals surface area (Å²) in [7, 11) is 1.49. The summed E-state index contributed by atoms with van der Waals surface area (Å²) >= 11 is 0. The number of phenols is 1. The van der Waals surface area contributed by atoms with Gasteiger partial charge in [-0.2, -0.15) is 0 Å². The molecule has 0 bridgehead atoms. The number of carboxylic acids is 1. The number of benzene rings is 2. The maximum Gasteiger partial charge on any atom is 0.335 e. The van der Waals surface area contributed by atoms with Crippen LogP contribution in [-0.2, 0) is 9.53 Å². The molecule has 2 aromatic carbocycles. The summed E-state index contributed by atoms with van der Waals surface area (Å²) in [5.41, 5.74) is -0.348. The minimum atomic E-state index is -1.96. The van der Waals surface area contributed by atoms with Gasteiger partial charge in [0.1, 0.15) is 40.8 Å². The van der Waals surface area contributed by atoms with E-state index in [-0.39, 0.29) is 16.7 Å². The fourth-order valence-electron chi connectivity index (χ4n) is 3.73. The predicted octanol–water partition coefficient (Wildman–Crippen LogP) is -0.226. The molecule has 13 nitrogen and oxygen atoms in total. The Labute approximate surface area is 201 Å². The third-order valence-electron chi connectivity index (χ3n) is 5.55. The highest BCUT2D eigenvalue weighted by atomic mass is 16.7. The van der Waals surface area contributed by atoms with Crippen LogP contribution >= 0.6 is 0 Å². The van der Waals surface area contributed by atoms with E-state index in [1.54, 1.807) is 24.3 Å². The van der Waals surface area contributed by atoms with Crippen molar-refractivity contribution >= 4 is 16.9 Å². The summed E-state index contributed by atoms with van der Waals surface area (Å²) in [5, 5.41) is 59.1. The lowest BCUT2D eigenvalue weighted by atomic mass is 9.99. The highest BCUT2D eigenvalue weighted by Crippen LogP contribution is 2.43. The first-order valence-corrected chi connectivity index (χ1v) is 10.5. The van der Waals surface area contributed by atoms with Crippen LogP contribution in [-0.4, -0.2) is 81.2 Å². The molecule has 36 heavy (non-hydrogen) atoms. The van der Waals surface area contributed by atoms with E-state index < -0.39 is 66.1 Å². The number of hydrogen-bond donors (Lipinski definition) is 6. The van der Waals surface area contributed by atoms with E-state index in [1.165, 1.54) is 7.11 Å². The van der Waals surface area contributed by atoms with Gasteiger partial charge in [0.25, 0.3) is 0 Å². The molecule has 5 unspecified atom stereocenters. The Morgan fingerprint density at radius 3 is 2.36 bits per heavy atom. The molecule has 5 atom stereocenters. The summed E-state index contributed by atoms with van der Waals surface area (Å²) in [4.78, 5) is 24.2. The molecule has 1 aromatic heterocycles. The maximum absolute atomic E-state index is 12.8. The van der Waals surface area contributed by atoms with Crippen LogP contribution in [0.3, 0.4) is 0 Å². The average molecular weight is 506 g/mol. The van der Waals surface area contributed by atoms with Crippen LogP contribution in [0, 0.1) is 0 Å². The summed E-state index contributed by atoms with van der Waals surface area (Å²) in [6, 6.07) is 8.78. The van der Waals surface area contributed by atoms with Crippen LogP contribution in [0.2, 0.25) is 0 Å². The number of methoxy groups -OCH3 is 1. The Balaban J connectivity index is 1.80. The Hall–Kier alpha value is -3.88. The van der Waals surface area contributed by atoms with Gasteiger partial charge >= 0.3 is 5.97 Å². The number of aliphatic hydroxyl groups is 4. The average Bonchev–Trinajstić information content (AvgIpc) is 2.86. The second kappa shape index (κ2) is 10.0. The van der Waals surface area contributed by atoms with Gasteiger partial charge in [-0.1, -0.05) is 0 Å². The van der Waals surface area contributed by atoms with Crippen molar-refractivity contribution < 1.29 is 58.8 Å². The zero-order chi connectivity index (χ0) is 26.1. The molecule has 1 saturated heterocycles. The SMILES string of the molecule is COc1ccc(-c2cc(=O)c3c(O)c(OCO)c(OC4OC(C(=O)O)C(O)C(O)C4O)cc3o2)cc1. The normalized spacial score (nSPS) is 23.9. The molecule has 0 spiro atoms. The molecule has 0 radical (unpaired) electrons. The molecule has 0 saturated carbocycles. The van der Waals surface area contributed by atoms with Crippen molar-refractivity contribution in [3.05, 3.63) is 46.6 Å². The zero-order valence-corrected chi connectivity index (χ0v) is 18.6. The molecule has 0 aliphatic carbocycles. The number of aliphatic hydroxyl groups excluding tert-OH is 4. The third-order valence-corrected chi connectivity index (χ3v) is 5.55. The van der Waals surface area contributed by atoms with Crippen molar-refractivity contribution in [1.82, 2.24) is 0 Å². The monoisotopic (exact) mass is 506 g/mol. The van der Waals surface area contributed by atoms with Gasteiger partial charge in [-0.15, -0.1) is 0 Å². The van der Waals surface area contributed by atoms with E-state index >= 15 is 0 Å². The maximum atomic E-state index is 12.8. The van der Waals surface area contributed by atoms with Gasteiger partial charge in [-0.3, -0.25) is 4.79 Å². The predicted molar refractivity (Wildman–Crippen MR) is 119 cm³/mol. The van der Waals surface area contributed by atoms with E-state index in [9.17, 15) is 40.2 Å². The quantitative estimate of drug-likeness (QED) is 0.229. The number of carbonyl (C=O) groups is 1. The van der Waals surface area contributed by atoms with Gasteiger partial charge in [-0.05, 0) is 24.3 Å². The molecule has 0 amide bonds. The minimum Gasteiger partial charge on any atom is -0.504 e. The van der Waals surface area contributed by atoms with Crippen LogP contribution in [0.25, 0.3) is 22.3 Å². The number of fused-ring (bicyclic) bond motifs is 1. The number of phenolic OH excluding ortho intramolecular Hbond substituents is 1. The molecule has 2 heterocycles. The van der Waals surface area contributed by atoms with Gasteiger partial charge in [0.2, 0.25) is 12.0 Å². The number of ether oxygens (including phenoxy) is 4. The Kier molecular flexibility index (Phi) is 7.01. The van der Waals surface area contributed by atoms with E-state index in [4.69, 9.17) is 23.4 Å². The Morgan fingerprint density at radius 1 is 1.06 bits per heavy atom. The first-order valence-electron chi connectivity index (χ1n) is 10.5. The van der Waals surface area contributed by atoms with Crippen LogP contribution in [0.15, 0.2) is 45.6 Å². The van der Waals surface area contributed by atoms with Crippen LogP contribution in [0.1, 0.15) is 0 Å². The van der Waals surface area contributed by atoms with E-state index in [2.05, 4.69) is 0 Å². The molecule has 4 rings (SSSR count). The van der Waals surface area contributed by atoms with Gasteiger partial charge in [0.05, 0.1) is 7.11 Å². The van der Waals surface area contributed by atoms with Gasteiger partial charge in [-0.25, -0.2) is 4.79 Å². The summed E-state index contributed by atoms with van der Waals surface area (Å²) in [6.07, 6.45) is -9.66. The number of aliphatic carboxylic acids is 1. The first kappa shape index (κ1) is 25.2. The fraction of sp³-hybridized carbons (Fsp3) is 0.304. The minimum absolute atomic E-state index is 0.120. The first-order chi connectivity index (χ1) is 17.2. The Morgan fingerprint density at radius 2 is 1.75 bits per heavy atom. The lowest BCUT2D eigenvalue weighted by Crippen LogP contribution is -2.61. The second-order valence-corrected chi connectivity index (χ2v) is 7.76. The molecule has 6 N–H and O–H groups in total. The fourth-order valence-corrected chi connectivity index (χ4v) is 3.73. The molecule has 3 aromatic rings. The van der Waals surface area contributed by atoms with Crippen LogP contribution in [0.5, 0.6) is 23.0 Å². The van der Waals surface area contributed by atoms with E-state index in [1.807, 2.05) is 0 Å².